The van der Waals surface area contributed by atoms with E-state index in [0.717, 1.165) is 22.9 Å². The number of hydrogen-bond acceptors (Lipinski definition) is 6. The zero-order valence-corrected chi connectivity index (χ0v) is 14.3. The predicted molar refractivity (Wildman–Crippen MR) is 87.3 cm³/mol. The van der Waals surface area contributed by atoms with Crippen LogP contribution in [0, 0.1) is 0 Å². The topological polar surface area (TPSA) is 71.1 Å². The number of hydrogen-bond donors (Lipinski definition) is 2. The second-order valence-electron chi connectivity index (χ2n) is 4.50. The molecule has 0 aliphatic rings. The summed E-state index contributed by atoms with van der Waals surface area (Å²) in [6.07, 6.45) is 3.41. The largest absolute Gasteiger partial charge is 0.312 e. The molecule has 2 rings (SSSR count). The van der Waals surface area contributed by atoms with Crippen LogP contribution in [0.4, 0.5) is 0 Å². The van der Waals surface area contributed by atoms with Crippen LogP contribution in [-0.2, 0) is 23.0 Å². The summed E-state index contributed by atoms with van der Waals surface area (Å²) in [5, 5.41) is 7.78. The average Bonchev–Trinajstić information content (AvgIpc) is 3.10. The number of sulfonamides is 1. The van der Waals surface area contributed by atoms with Crippen LogP contribution in [0.25, 0.3) is 0 Å². The lowest BCUT2D eigenvalue weighted by atomic mass is 10.4. The zero-order valence-electron chi connectivity index (χ0n) is 11.8. The zero-order chi connectivity index (χ0) is 15.1. The Kier molecular flexibility index (Phi) is 6.31. The van der Waals surface area contributed by atoms with Gasteiger partial charge in [-0.05, 0) is 19.0 Å². The van der Waals surface area contributed by atoms with Crippen LogP contribution in [0.5, 0.6) is 0 Å². The molecule has 0 amide bonds. The maximum Gasteiger partial charge on any atom is 0.241 e. The molecule has 2 N–H and O–H groups in total. The number of thiophene rings is 1. The van der Waals surface area contributed by atoms with Crippen molar-refractivity contribution < 1.29 is 8.42 Å². The lowest BCUT2D eigenvalue weighted by molar-refractivity contribution is 0.582. The van der Waals surface area contributed by atoms with Gasteiger partial charge >= 0.3 is 0 Å². The molecule has 0 saturated heterocycles. The minimum absolute atomic E-state index is 0.347. The molecule has 5 nitrogen and oxygen atoms in total. The number of nitrogens with one attached hydrogen (secondary N) is 2. The molecule has 0 unspecified atom stereocenters. The van der Waals surface area contributed by atoms with E-state index in [9.17, 15) is 8.42 Å². The Hall–Kier alpha value is -0.800. The van der Waals surface area contributed by atoms with Crippen LogP contribution >= 0.6 is 22.7 Å². The number of nitrogens with zero attached hydrogens (tertiary/aromatic N) is 1. The average molecular weight is 346 g/mol. The van der Waals surface area contributed by atoms with Gasteiger partial charge in [0.05, 0.1) is 9.90 Å². The highest BCUT2D eigenvalue weighted by Gasteiger charge is 2.15. The van der Waals surface area contributed by atoms with Crippen LogP contribution in [0.2, 0.25) is 0 Å². The molecule has 0 radical (unpaired) electrons. The third kappa shape index (κ3) is 5.15. The molecule has 0 saturated carbocycles. The molecule has 0 bridgehead atoms. The van der Waals surface area contributed by atoms with Crippen molar-refractivity contribution in [3.05, 3.63) is 32.9 Å². The van der Waals surface area contributed by atoms with Crippen molar-refractivity contribution in [2.75, 3.05) is 13.1 Å². The first-order valence-electron chi connectivity index (χ1n) is 6.78. The van der Waals surface area contributed by atoms with Gasteiger partial charge in [-0.15, -0.1) is 22.7 Å². The lowest BCUT2D eigenvalue weighted by Gasteiger charge is -2.03. The van der Waals surface area contributed by atoms with E-state index in [0.29, 0.717) is 24.4 Å². The Labute approximate surface area is 133 Å². The first-order chi connectivity index (χ1) is 10.1. The van der Waals surface area contributed by atoms with Crippen LogP contribution in [0.3, 0.4) is 0 Å². The van der Waals surface area contributed by atoms with Gasteiger partial charge in [-0.1, -0.05) is 6.92 Å². The Morgan fingerprint density at radius 2 is 2.14 bits per heavy atom. The van der Waals surface area contributed by atoms with Crippen molar-refractivity contribution in [3.63, 3.8) is 0 Å². The summed E-state index contributed by atoms with van der Waals surface area (Å²) in [7, 11) is -3.41. The van der Waals surface area contributed by atoms with Crippen LogP contribution in [-0.4, -0.2) is 26.5 Å². The summed E-state index contributed by atoms with van der Waals surface area (Å²) < 4.78 is 26.9. The third-order valence-corrected chi connectivity index (χ3v) is 6.15. The lowest BCUT2D eigenvalue weighted by Crippen LogP contribution is -2.25. The monoisotopic (exact) mass is 345 g/mol. The molecule has 0 spiro atoms. The Morgan fingerprint density at radius 1 is 1.29 bits per heavy atom. The number of rotatable bonds is 9. The molecule has 0 aliphatic heterocycles. The maximum absolute atomic E-state index is 12.2. The molecular weight excluding hydrogens is 326 g/mol. The maximum atomic E-state index is 12.2. The van der Waals surface area contributed by atoms with Crippen LogP contribution in [0.15, 0.2) is 27.9 Å². The van der Waals surface area contributed by atoms with Crippen LogP contribution in [0.1, 0.15) is 23.2 Å². The molecule has 2 aromatic rings. The van der Waals surface area contributed by atoms with Gasteiger partial charge in [0.1, 0.15) is 0 Å². The summed E-state index contributed by atoms with van der Waals surface area (Å²) in [5.74, 6) is 0. The van der Waals surface area contributed by atoms with Gasteiger partial charge in [-0.25, -0.2) is 18.1 Å². The summed E-state index contributed by atoms with van der Waals surface area (Å²) in [6.45, 7) is 4.12. The van der Waals surface area contributed by atoms with E-state index in [2.05, 4.69) is 21.9 Å². The van der Waals surface area contributed by atoms with E-state index >= 15 is 0 Å². The van der Waals surface area contributed by atoms with Crippen molar-refractivity contribution in [2.45, 2.75) is 31.2 Å². The summed E-state index contributed by atoms with van der Waals surface area (Å²) in [6, 6.07) is 1.74. The van der Waals surface area contributed by atoms with E-state index < -0.39 is 10.0 Å². The molecule has 8 heteroatoms. The highest BCUT2D eigenvalue weighted by atomic mass is 32.2. The number of aromatic nitrogens is 1. The van der Waals surface area contributed by atoms with E-state index in [4.69, 9.17) is 0 Å². The fourth-order valence-electron chi connectivity index (χ4n) is 1.73. The fourth-order valence-corrected chi connectivity index (χ4v) is 4.63. The number of thiazole rings is 1. The molecule has 116 valence electrons. The quantitative estimate of drug-likeness (QED) is 0.684. The molecule has 0 fully saturated rings. The van der Waals surface area contributed by atoms with Gasteiger partial charge < -0.3 is 5.32 Å². The summed E-state index contributed by atoms with van der Waals surface area (Å²) >= 11 is 3.00. The minimum Gasteiger partial charge on any atom is -0.312 e. The van der Waals surface area contributed by atoms with E-state index in [1.54, 1.807) is 17.6 Å². The molecular formula is C13H19N3O2S3. The highest BCUT2D eigenvalue weighted by molar-refractivity contribution is 7.89. The van der Waals surface area contributed by atoms with Crippen molar-refractivity contribution in [1.82, 2.24) is 15.0 Å². The molecule has 2 heterocycles. The van der Waals surface area contributed by atoms with Gasteiger partial charge in [0.15, 0.2) is 0 Å². The Bertz CT molecular complexity index is 635. The fraction of sp³-hybridized carbons (Fsp3) is 0.462. The second kappa shape index (κ2) is 8.00. The van der Waals surface area contributed by atoms with Gasteiger partial charge in [-0.2, -0.15) is 0 Å². The molecule has 21 heavy (non-hydrogen) atoms. The van der Waals surface area contributed by atoms with Crippen molar-refractivity contribution in [1.29, 1.82) is 0 Å². The van der Waals surface area contributed by atoms with Gasteiger partial charge in [0.2, 0.25) is 10.0 Å². The minimum atomic E-state index is -3.41. The van der Waals surface area contributed by atoms with Gasteiger partial charge in [-0.3, -0.25) is 0 Å². The first-order valence-corrected chi connectivity index (χ1v) is 10.0. The molecule has 2 aromatic heterocycles. The van der Waals surface area contributed by atoms with Crippen molar-refractivity contribution >= 4 is 32.7 Å². The first kappa shape index (κ1) is 16.6. The van der Waals surface area contributed by atoms with E-state index in [1.165, 1.54) is 22.7 Å². The standard InChI is InChI=1S/C13H19N3O2S3/c1-2-4-14-9-11-8-12(10-20-11)21(17,18)16-5-3-13-15-6-7-19-13/h6-8,10,14,16H,2-5,9H2,1H3. The smallest absolute Gasteiger partial charge is 0.241 e. The molecule has 0 aliphatic carbocycles. The predicted octanol–water partition coefficient (Wildman–Crippen LogP) is 2.23. The third-order valence-electron chi connectivity index (χ3n) is 2.78. The van der Waals surface area contributed by atoms with Gasteiger partial charge in [0.25, 0.3) is 0 Å². The van der Waals surface area contributed by atoms with E-state index in [-0.39, 0.29) is 0 Å². The Balaban J connectivity index is 1.86. The Morgan fingerprint density at radius 3 is 2.86 bits per heavy atom. The highest BCUT2D eigenvalue weighted by Crippen LogP contribution is 2.19. The van der Waals surface area contributed by atoms with E-state index in [1.807, 2.05) is 5.38 Å². The SMILES string of the molecule is CCCNCc1cc(S(=O)(=O)NCCc2nccs2)cs1. The normalized spacial score (nSPS) is 11.9. The summed E-state index contributed by atoms with van der Waals surface area (Å²) in [4.78, 5) is 5.51. The van der Waals surface area contributed by atoms with Gasteiger partial charge in [0, 0.05) is 41.3 Å². The molecule has 0 aromatic carbocycles. The van der Waals surface area contributed by atoms with Crippen LogP contribution < -0.4 is 10.0 Å². The van der Waals surface area contributed by atoms with Crippen molar-refractivity contribution in [2.24, 2.45) is 0 Å². The second-order valence-corrected chi connectivity index (χ2v) is 8.24. The molecule has 0 atom stereocenters. The van der Waals surface area contributed by atoms with Crippen molar-refractivity contribution in [3.8, 4) is 0 Å². The summed E-state index contributed by atoms with van der Waals surface area (Å²) in [5.41, 5.74) is 0.